The van der Waals surface area contributed by atoms with Gasteiger partial charge in [0.05, 0.1) is 0 Å². The zero-order valence-corrected chi connectivity index (χ0v) is 11.7. The first-order chi connectivity index (χ1) is 10.2. The van der Waals surface area contributed by atoms with Crippen molar-refractivity contribution >= 4 is 16.7 Å². The number of hydrogen-bond acceptors (Lipinski definition) is 2. The van der Waals surface area contributed by atoms with Gasteiger partial charge < -0.3 is 4.74 Å². The number of carbonyl (C=O) groups is 1. The van der Waals surface area contributed by atoms with Crippen LogP contribution in [0.1, 0.15) is 18.1 Å². The molecule has 102 valence electrons. The van der Waals surface area contributed by atoms with E-state index in [1.54, 1.807) is 0 Å². The molecule has 3 aromatic carbocycles. The first-order valence-corrected chi connectivity index (χ1v) is 7.05. The molecule has 2 nitrogen and oxygen atoms in total. The second-order valence-electron chi connectivity index (χ2n) is 5.37. The number of fused-ring (bicyclic) bond motifs is 5. The van der Waals surface area contributed by atoms with E-state index in [0.717, 1.165) is 11.8 Å². The molecule has 0 unspecified atom stereocenters. The van der Waals surface area contributed by atoms with E-state index in [1.165, 1.54) is 34.6 Å². The molecule has 0 atom stereocenters. The van der Waals surface area contributed by atoms with E-state index in [0.29, 0.717) is 5.75 Å². The molecule has 0 amide bonds. The summed E-state index contributed by atoms with van der Waals surface area (Å²) in [4.78, 5) is 11.4. The van der Waals surface area contributed by atoms with Crippen LogP contribution >= 0.6 is 0 Å². The topological polar surface area (TPSA) is 26.3 Å². The number of benzene rings is 3. The van der Waals surface area contributed by atoms with Crippen molar-refractivity contribution in [2.75, 3.05) is 0 Å². The zero-order chi connectivity index (χ0) is 14.4. The molecular weight excluding hydrogens is 260 g/mol. The Hall–Kier alpha value is -2.61. The summed E-state index contributed by atoms with van der Waals surface area (Å²) in [6, 6.07) is 18.5. The van der Waals surface area contributed by atoms with Gasteiger partial charge in [0.25, 0.3) is 0 Å². The van der Waals surface area contributed by atoms with Crippen LogP contribution in [0.15, 0.2) is 54.6 Å². The third kappa shape index (κ3) is 1.83. The monoisotopic (exact) mass is 274 g/mol. The summed E-state index contributed by atoms with van der Waals surface area (Å²) < 4.78 is 5.43. The molecule has 0 bridgehead atoms. The average molecular weight is 274 g/mol. The first kappa shape index (κ1) is 12.2. The molecule has 0 saturated heterocycles. The van der Waals surface area contributed by atoms with Gasteiger partial charge in [0.15, 0.2) is 0 Å². The Kier molecular flexibility index (Phi) is 2.58. The lowest BCUT2D eigenvalue weighted by Gasteiger charge is -2.11. The smallest absolute Gasteiger partial charge is 0.308 e. The van der Waals surface area contributed by atoms with Crippen molar-refractivity contribution in [2.24, 2.45) is 0 Å². The van der Waals surface area contributed by atoms with E-state index in [9.17, 15) is 4.79 Å². The van der Waals surface area contributed by atoms with Gasteiger partial charge in [-0.25, -0.2) is 0 Å². The van der Waals surface area contributed by atoms with Crippen LogP contribution in [0.3, 0.4) is 0 Å². The normalized spacial score (nSPS) is 12.0. The lowest BCUT2D eigenvalue weighted by atomic mass is 9.98. The minimum atomic E-state index is -0.286. The predicted octanol–water partition coefficient (Wildman–Crippen LogP) is 4.34. The van der Waals surface area contributed by atoms with Gasteiger partial charge in [-0.15, -0.1) is 0 Å². The number of carbonyl (C=O) groups excluding carboxylic acids is 1. The third-order valence-corrected chi connectivity index (χ3v) is 4.05. The van der Waals surface area contributed by atoms with E-state index in [2.05, 4.69) is 30.3 Å². The van der Waals surface area contributed by atoms with Crippen LogP contribution in [0.2, 0.25) is 0 Å². The molecule has 21 heavy (non-hydrogen) atoms. The summed E-state index contributed by atoms with van der Waals surface area (Å²) in [5, 5.41) is 2.17. The Morgan fingerprint density at radius 3 is 2.48 bits per heavy atom. The Morgan fingerprint density at radius 2 is 1.67 bits per heavy atom. The maximum atomic E-state index is 11.4. The lowest BCUT2D eigenvalue weighted by Crippen LogP contribution is -2.02. The SMILES string of the molecule is CC(=O)Oc1cc2c(c3ccccc13)Cc1ccccc1-2. The van der Waals surface area contributed by atoms with Gasteiger partial charge in [0.1, 0.15) is 5.75 Å². The van der Waals surface area contributed by atoms with Crippen LogP contribution in [0, 0.1) is 0 Å². The Bertz CT molecular complexity index is 878. The van der Waals surface area contributed by atoms with Gasteiger partial charge in [-0.1, -0.05) is 48.5 Å². The minimum absolute atomic E-state index is 0.286. The number of esters is 1. The molecule has 1 aliphatic rings. The maximum Gasteiger partial charge on any atom is 0.308 e. The van der Waals surface area contributed by atoms with Crippen molar-refractivity contribution in [3.63, 3.8) is 0 Å². The zero-order valence-electron chi connectivity index (χ0n) is 11.7. The lowest BCUT2D eigenvalue weighted by molar-refractivity contribution is -0.131. The fourth-order valence-electron chi connectivity index (χ4n) is 3.20. The Morgan fingerprint density at radius 1 is 0.952 bits per heavy atom. The van der Waals surface area contributed by atoms with Crippen molar-refractivity contribution in [3.8, 4) is 16.9 Å². The molecule has 0 heterocycles. The van der Waals surface area contributed by atoms with E-state index >= 15 is 0 Å². The quantitative estimate of drug-likeness (QED) is 0.381. The van der Waals surface area contributed by atoms with Gasteiger partial charge in [0, 0.05) is 12.3 Å². The maximum absolute atomic E-state index is 11.4. The molecule has 2 heteroatoms. The van der Waals surface area contributed by atoms with Crippen molar-refractivity contribution in [1.29, 1.82) is 0 Å². The standard InChI is InChI=1S/C19H14O2/c1-12(20)21-19-11-18-14-7-3-2-6-13(14)10-17(18)15-8-4-5-9-16(15)19/h2-9,11H,10H2,1H3. The highest BCUT2D eigenvalue weighted by molar-refractivity contribution is 6.00. The largest absolute Gasteiger partial charge is 0.426 e. The van der Waals surface area contributed by atoms with E-state index in [4.69, 9.17) is 4.74 Å². The van der Waals surface area contributed by atoms with Crippen LogP contribution in [-0.2, 0) is 11.2 Å². The van der Waals surface area contributed by atoms with Crippen LogP contribution < -0.4 is 4.74 Å². The van der Waals surface area contributed by atoms with E-state index in [-0.39, 0.29) is 5.97 Å². The summed E-state index contributed by atoms with van der Waals surface area (Å²) in [6.45, 7) is 1.44. The molecule has 0 radical (unpaired) electrons. The summed E-state index contributed by atoms with van der Waals surface area (Å²) in [6.07, 6.45) is 0.937. The van der Waals surface area contributed by atoms with Gasteiger partial charge >= 0.3 is 5.97 Å². The van der Waals surface area contributed by atoms with Crippen molar-refractivity contribution in [3.05, 3.63) is 65.7 Å². The molecule has 4 rings (SSSR count). The summed E-state index contributed by atoms with van der Waals surface area (Å²) in [5.41, 5.74) is 5.08. The summed E-state index contributed by atoms with van der Waals surface area (Å²) >= 11 is 0. The highest BCUT2D eigenvalue weighted by Gasteiger charge is 2.22. The highest BCUT2D eigenvalue weighted by Crippen LogP contribution is 2.43. The van der Waals surface area contributed by atoms with Crippen LogP contribution in [0.25, 0.3) is 21.9 Å². The van der Waals surface area contributed by atoms with Gasteiger partial charge in [0.2, 0.25) is 0 Å². The molecule has 0 aliphatic heterocycles. The molecule has 0 saturated carbocycles. The van der Waals surface area contributed by atoms with Crippen LogP contribution in [0.5, 0.6) is 5.75 Å². The Balaban J connectivity index is 2.05. The first-order valence-electron chi connectivity index (χ1n) is 7.05. The Labute approximate surface area is 123 Å². The molecular formula is C19H14O2. The van der Waals surface area contributed by atoms with Gasteiger partial charge in [-0.05, 0) is 40.1 Å². The predicted molar refractivity (Wildman–Crippen MR) is 83.5 cm³/mol. The number of hydrogen-bond donors (Lipinski definition) is 0. The second-order valence-corrected chi connectivity index (χ2v) is 5.37. The molecule has 1 aliphatic carbocycles. The van der Waals surface area contributed by atoms with Gasteiger partial charge in [-0.3, -0.25) is 4.79 Å². The molecule has 0 spiro atoms. The number of ether oxygens (including phenoxy) is 1. The van der Waals surface area contributed by atoms with Crippen molar-refractivity contribution in [2.45, 2.75) is 13.3 Å². The average Bonchev–Trinajstić information content (AvgIpc) is 2.86. The minimum Gasteiger partial charge on any atom is -0.426 e. The fraction of sp³-hybridized carbons (Fsp3) is 0.105. The molecule has 0 N–H and O–H groups in total. The van der Waals surface area contributed by atoms with E-state index in [1.807, 2.05) is 24.3 Å². The third-order valence-electron chi connectivity index (χ3n) is 4.05. The second kappa shape index (κ2) is 4.45. The van der Waals surface area contributed by atoms with Crippen molar-refractivity contribution in [1.82, 2.24) is 0 Å². The number of rotatable bonds is 1. The summed E-state index contributed by atoms with van der Waals surface area (Å²) in [5.74, 6) is 0.361. The van der Waals surface area contributed by atoms with E-state index < -0.39 is 0 Å². The fourth-order valence-corrected chi connectivity index (χ4v) is 3.20. The molecule has 0 aromatic heterocycles. The summed E-state index contributed by atoms with van der Waals surface area (Å²) in [7, 11) is 0. The molecule has 3 aromatic rings. The highest BCUT2D eigenvalue weighted by atomic mass is 16.5. The van der Waals surface area contributed by atoms with Gasteiger partial charge in [-0.2, -0.15) is 0 Å². The van der Waals surface area contributed by atoms with Crippen molar-refractivity contribution < 1.29 is 9.53 Å². The molecule has 0 fully saturated rings. The van der Waals surface area contributed by atoms with Crippen LogP contribution in [0.4, 0.5) is 0 Å². The van der Waals surface area contributed by atoms with Crippen LogP contribution in [-0.4, -0.2) is 5.97 Å².